The number of hydrogen-bond acceptors (Lipinski definition) is 2. The van der Waals surface area contributed by atoms with E-state index in [2.05, 4.69) is 24.5 Å². The zero-order valence-electron chi connectivity index (χ0n) is 3.15. The van der Waals surface area contributed by atoms with Crippen LogP contribution in [0.25, 0.3) is 0 Å². The van der Waals surface area contributed by atoms with Gasteiger partial charge in [-0.3, -0.25) is 0 Å². The van der Waals surface area contributed by atoms with Crippen molar-refractivity contribution in [1.82, 2.24) is 5.32 Å². The maximum absolute atomic E-state index is 3.79. The zero-order chi connectivity index (χ0) is 4.28. The summed E-state index contributed by atoms with van der Waals surface area (Å²) in [6.07, 6.45) is 0. The first-order valence-electron chi connectivity index (χ1n) is 1.33. The van der Waals surface area contributed by atoms with Gasteiger partial charge in [0.05, 0.1) is 5.03 Å². The van der Waals surface area contributed by atoms with Gasteiger partial charge in [-0.25, -0.2) is 0 Å². The summed E-state index contributed by atoms with van der Waals surface area (Å²) in [7, 11) is 1.77. The lowest BCUT2D eigenvalue weighted by Gasteiger charge is -1.86. The Labute approximate surface area is 37.5 Å². The monoisotopic (exact) mass is 89.0 g/mol. The lowest BCUT2D eigenvalue weighted by Crippen LogP contribution is -1.95. The Morgan fingerprint density at radius 1 is 2.00 bits per heavy atom. The first kappa shape index (κ1) is 4.89. The van der Waals surface area contributed by atoms with Gasteiger partial charge in [0.1, 0.15) is 0 Å². The predicted molar refractivity (Wildman–Crippen MR) is 27.2 cm³/mol. The van der Waals surface area contributed by atoms with Crippen LogP contribution in [0.1, 0.15) is 0 Å². The lowest BCUT2D eigenvalue weighted by molar-refractivity contribution is 1.09. The van der Waals surface area contributed by atoms with Crippen LogP contribution in [0.5, 0.6) is 0 Å². The number of thiol groups is 1. The Hall–Kier alpha value is -0.110. The largest absolute Gasteiger partial charge is 0.384 e. The van der Waals surface area contributed by atoms with Crippen LogP contribution in [0, 0.1) is 0 Å². The van der Waals surface area contributed by atoms with E-state index in [0.29, 0.717) is 5.03 Å². The topological polar surface area (TPSA) is 12.0 Å². The number of hydrogen-bond donors (Lipinski definition) is 2. The molecule has 0 aromatic carbocycles. The molecule has 5 heavy (non-hydrogen) atoms. The minimum Gasteiger partial charge on any atom is -0.384 e. The van der Waals surface area contributed by atoms with Crippen molar-refractivity contribution in [2.45, 2.75) is 0 Å². The molecule has 0 fully saturated rings. The molecule has 0 saturated heterocycles. The van der Waals surface area contributed by atoms with Gasteiger partial charge in [-0.2, -0.15) is 0 Å². The average molecular weight is 89.2 g/mol. The minimum absolute atomic E-state index is 0.699. The van der Waals surface area contributed by atoms with Gasteiger partial charge in [-0.15, -0.1) is 12.6 Å². The second kappa shape index (κ2) is 2.15. The van der Waals surface area contributed by atoms with Crippen LogP contribution >= 0.6 is 12.6 Å². The molecule has 0 aliphatic carbocycles. The molecule has 0 spiro atoms. The van der Waals surface area contributed by atoms with E-state index in [9.17, 15) is 0 Å². The van der Waals surface area contributed by atoms with Crippen LogP contribution < -0.4 is 5.32 Å². The van der Waals surface area contributed by atoms with E-state index >= 15 is 0 Å². The summed E-state index contributed by atoms with van der Waals surface area (Å²) < 4.78 is 0. The third-order valence-electron chi connectivity index (χ3n) is 0.289. The predicted octanol–water partition coefficient (Wildman–Crippen LogP) is 0.607. The van der Waals surface area contributed by atoms with E-state index in [0.717, 1.165) is 0 Å². The molecule has 2 heteroatoms. The molecule has 0 aromatic rings. The van der Waals surface area contributed by atoms with Crippen molar-refractivity contribution in [3.63, 3.8) is 0 Å². The van der Waals surface area contributed by atoms with Crippen LogP contribution in [-0.2, 0) is 0 Å². The van der Waals surface area contributed by atoms with Crippen LogP contribution in [0.3, 0.4) is 0 Å². The van der Waals surface area contributed by atoms with Gasteiger partial charge in [0, 0.05) is 7.05 Å². The smallest absolute Gasteiger partial charge is 0.0574 e. The average Bonchev–Trinajstić information content (AvgIpc) is 1.38. The fourth-order valence-electron chi connectivity index (χ4n) is 0. The van der Waals surface area contributed by atoms with Gasteiger partial charge in [0.25, 0.3) is 0 Å². The summed E-state index contributed by atoms with van der Waals surface area (Å²) in [4.78, 5) is 0. The molecular formula is C3H7NS. The van der Waals surface area contributed by atoms with E-state index in [1.165, 1.54) is 0 Å². The van der Waals surface area contributed by atoms with Gasteiger partial charge < -0.3 is 5.32 Å². The maximum atomic E-state index is 3.79. The van der Waals surface area contributed by atoms with Gasteiger partial charge in [-0.05, 0) is 0 Å². The Balaban J connectivity index is 2.85. The molecule has 0 heterocycles. The molecule has 0 amide bonds. The minimum atomic E-state index is 0.699. The van der Waals surface area contributed by atoms with Gasteiger partial charge in [-0.1, -0.05) is 6.58 Å². The second-order valence-electron chi connectivity index (χ2n) is 0.697. The van der Waals surface area contributed by atoms with E-state index in [-0.39, 0.29) is 0 Å². The molecule has 0 aromatic heterocycles. The summed E-state index contributed by atoms with van der Waals surface area (Å²) in [5.74, 6) is 0. The zero-order valence-corrected chi connectivity index (χ0v) is 4.05. The fraction of sp³-hybridized carbons (Fsp3) is 0.333. The summed E-state index contributed by atoms with van der Waals surface area (Å²) >= 11 is 3.79. The first-order valence-corrected chi connectivity index (χ1v) is 1.77. The molecular weight excluding hydrogens is 82.1 g/mol. The SMILES string of the molecule is C=C(S)NC. The highest BCUT2D eigenvalue weighted by Crippen LogP contribution is 1.81. The summed E-state index contributed by atoms with van der Waals surface area (Å²) in [6.45, 7) is 3.43. The van der Waals surface area contributed by atoms with Gasteiger partial charge in [0.15, 0.2) is 0 Å². The van der Waals surface area contributed by atoms with E-state index in [1.807, 2.05) is 0 Å². The molecule has 30 valence electrons. The van der Waals surface area contributed by atoms with Crippen LogP contribution in [0.15, 0.2) is 11.6 Å². The Bertz CT molecular complexity index is 42.2. The molecule has 0 bridgehead atoms. The van der Waals surface area contributed by atoms with Crippen molar-refractivity contribution in [2.75, 3.05) is 7.05 Å². The summed E-state index contributed by atoms with van der Waals surface area (Å²) in [5.41, 5.74) is 0. The fourth-order valence-corrected chi connectivity index (χ4v) is 0. The summed E-state index contributed by atoms with van der Waals surface area (Å²) in [5, 5.41) is 3.40. The highest BCUT2D eigenvalue weighted by atomic mass is 32.1. The van der Waals surface area contributed by atoms with Gasteiger partial charge >= 0.3 is 0 Å². The number of nitrogens with one attached hydrogen (secondary N) is 1. The molecule has 1 nitrogen and oxygen atoms in total. The highest BCUT2D eigenvalue weighted by Gasteiger charge is 1.63. The highest BCUT2D eigenvalue weighted by molar-refractivity contribution is 7.84. The maximum Gasteiger partial charge on any atom is 0.0574 e. The Kier molecular flexibility index (Phi) is 2.10. The third-order valence-corrected chi connectivity index (χ3v) is 0.512. The molecule has 0 atom stereocenters. The molecule has 0 radical (unpaired) electrons. The Morgan fingerprint density at radius 2 is 2.20 bits per heavy atom. The molecule has 0 aliphatic rings. The van der Waals surface area contributed by atoms with Crippen molar-refractivity contribution >= 4 is 12.6 Å². The first-order chi connectivity index (χ1) is 2.27. The van der Waals surface area contributed by atoms with Crippen LogP contribution in [0.2, 0.25) is 0 Å². The molecule has 1 N–H and O–H groups in total. The second-order valence-corrected chi connectivity index (χ2v) is 1.24. The van der Waals surface area contributed by atoms with Gasteiger partial charge in [0.2, 0.25) is 0 Å². The quantitative estimate of drug-likeness (QED) is 0.448. The van der Waals surface area contributed by atoms with Crippen molar-refractivity contribution in [3.05, 3.63) is 11.6 Å². The lowest BCUT2D eigenvalue weighted by atomic mass is 11.0. The van der Waals surface area contributed by atoms with Crippen LogP contribution in [-0.4, -0.2) is 7.05 Å². The van der Waals surface area contributed by atoms with E-state index in [1.54, 1.807) is 7.05 Å². The van der Waals surface area contributed by atoms with Crippen LogP contribution in [0.4, 0.5) is 0 Å². The standard InChI is InChI=1S/C3H7NS/c1-3(5)4-2/h4-5H,1H2,2H3. The van der Waals surface area contributed by atoms with Crippen molar-refractivity contribution in [1.29, 1.82) is 0 Å². The molecule has 0 saturated carbocycles. The van der Waals surface area contributed by atoms with E-state index < -0.39 is 0 Å². The summed E-state index contributed by atoms with van der Waals surface area (Å²) in [6, 6.07) is 0. The van der Waals surface area contributed by atoms with Crippen molar-refractivity contribution in [2.24, 2.45) is 0 Å². The molecule has 0 unspecified atom stereocenters. The Morgan fingerprint density at radius 3 is 2.20 bits per heavy atom. The molecule has 0 aliphatic heterocycles. The molecule has 0 rings (SSSR count). The van der Waals surface area contributed by atoms with Crippen molar-refractivity contribution in [3.8, 4) is 0 Å². The third kappa shape index (κ3) is 3.89. The van der Waals surface area contributed by atoms with Crippen molar-refractivity contribution < 1.29 is 0 Å². The van der Waals surface area contributed by atoms with E-state index in [4.69, 9.17) is 0 Å². The number of rotatable bonds is 1. The normalized spacial score (nSPS) is 6.80.